The van der Waals surface area contributed by atoms with Crippen molar-refractivity contribution >= 4 is 51.9 Å². The van der Waals surface area contributed by atoms with Crippen molar-refractivity contribution in [2.24, 2.45) is 0 Å². The third-order valence-corrected chi connectivity index (χ3v) is 6.99. The minimum absolute atomic E-state index is 0.0783. The SMILES string of the molecule is CCn1c(CNC(=O)COc2c(C)cccc2C)nnc1SCC(=O)Nc1c(C)cc(I)cc1C. The average Bonchev–Trinajstić information content (AvgIpc) is 3.20. The van der Waals surface area contributed by atoms with Gasteiger partial charge in [0.2, 0.25) is 5.91 Å². The van der Waals surface area contributed by atoms with Gasteiger partial charge in [0.15, 0.2) is 17.6 Å². The summed E-state index contributed by atoms with van der Waals surface area (Å²) in [5.74, 6) is 1.22. The highest BCUT2D eigenvalue weighted by atomic mass is 127. The molecule has 1 heterocycles. The summed E-state index contributed by atoms with van der Waals surface area (Å²) in [5, 5.41) is 14.9. The molecule has 2 N–H and O–H groups in total. The molecular formula is C25H30IN5O3S. The van der Waals surface area contributed by atoms with Crippen LogP contribution in [0.1, 0.15) is 35.0 Å². The summed E-state index contributed by atoms with van der Waals surface area (Å²) in [6, 6.07) is 9.94. The minimum Gasteiger partial charge on any atom is -0.483 e. The largest absolute Gasteiger partial charge is 0.483 e. The number of aryl methyl sites for hydroxylation is 4. The van der Waals surface area contributed by atoms with Crippen molar-refractivity contribution in [3.8, 4) is 5.75 Å². The molecule has 35 heavy (non-hydrogen) atoms. The van der Waals surface area contributed by atoms with Crippen LogP contribution in [0.15, 0.2) is 35.5 Å². The van der Waals surface area contributed by atoms with Gasteiger partial charge in [-0.1, -0.05) is 30.0 Å². The normalized spacial score (nSPS) is 10.8. The number of nitrogens with one attached hydrogen (secondary N) is 2. The maximum absolute atomic E-state index is 12.6. The Morgan fingerprint density at radius 3 is 2.31 bits per heavy atom. The number of amides is 2. The number of para-hydroxylation sites is 1. The molecule has 3 rings (SSSR count). The van der Waals surface area contributed by atoms with Crippen LogP contribution in [0.2, 0.25) is 0 Å². The van der Waals surface area contributed by atoms with E-state index in [4.69, 9.17) is 4.74 Å². The van der Waals surface area contributed by atoms with E-state index in [1.165, 1.54) is 11.8 Å². The topological polar surface area (TPSA) is 98.1 Å². The lowest BCUT2D eigenvalue weighted by Crippen LogP contribution is -2.29. The Labute approximate surface area is 223 Å². The molecule has 2 amide bonds. The number of carbonyl (C=O) groups excluding carboxylic acids is 2. The van der Waals surface area contributed by atoms with Gasteiger partial charge in [-0.15, -0.1) is 10.2 Å². The summed E-state index contributed by atoms with van der Waals surface area (Å²) in [4.78, 5) is 24.9. The molecule has 0 atom stereocenters. The highest BCUT2D eigenvalue weighted by Gasteiger charge is 2.16. The summed E-state index contributed by atoms with van der Waals surface area (Å²) >= 11 is 3.59. The average molecular weight is 608 g/mol. The third-order valence-electron chi connectivity index (χ3n) is 5.40. The van der Waals surface area contributed by atoms with E-state index in [1.54, 1.807) is 0 Å². The number of thioether (sulfide) groups is 1. The summed E-state index contributed by atoms with van der Waals surface area (Å²) in [6.45, 7) is 10.6. The number of benzene rings is 2. The summed E-state index contributed by atoms with van der Waals surface area (Å²) < 4.78 is 8.74. The smallest absolute Gasteiger partial charge is 0.258 e. The lowest BCUT2D eigenvalue weighted by Gasteiger charge is -2.13. The lowest BCUT2D eigenvalue weighted by atomic mass is 10.1. The second-order valence-corrected chi connectivity index (χ2v) is 10.4. The molecule has 0 fully saturated rings. The first-order valence-corrected chi connectivity index (χ1v) is 13.3. The number of aromatic nitrogens is 3. The first-order valence-electron chi connectivity index (χ1n) is 11.3. The monoisotopic (exact) mass is 607 g/mol. The molecule has 8 nitrogen and oxygen atoms in total. The first-order chi connectivity index (χ1) is 16.7. The highest BCUT2D eigenvalue weighted by Crippen LogP contribution is 2.24. The maximum atomic E-state index is 12.6. The van der Waals surface area contributed by atoms with Gasteiger partial charge < -0.3 is 19.9 Å². The van der Waals surface area contributed by atoms with E-state index in [-0.39, 0.29) is 30.7 Å². The van der Waals surface area contributed by atoms with Crippen LogP contribution in [0.25, 0.3) is 0 Å². The molecule has 186 valence electrons. The summed E-state index contributed by atoms with van der Waals surface area (Å²) in [5.41, 5.74) is 4.88. The van der Waals surface area contributed by atoms with Gasteiger partial charge in [-0.2, -0.15) is 0 Å². The van der Waals surface area contributed by atoms with Crippen LogP contribution in [-0.2, 0) is 22.7 Å². The number of carbonyl (C=O) groups is 2. The lowest BCUT2D eigenvalue weighted by molar-refractivity contribution is -0.123. The van der Waals surface area contributed by atoms with Crippen LogP contribution < -0.4 is 15.4 Å². The fraction of sp³-hybridized carbons (Fsp3) is 0.360. The number of hydrogen-bond donors (Lipinski definition) is 2. The summed E-state index contributed by atoms with van der Waals surface area (Å²) in [6.07, 6.45) is 0. The second-order valence-electron chi connectivity index (χ2n) is 8.18. The molecule has 3 aromatic rings. The number of nitrogens with zero attached hydrogens (tertiary/aromatic N) is 3. The van der Waals surface area contributed by atoms with Crippen LogP contribution in [0.5, 0.6) is 5.75 Å². The van der Waals surface area contributed by atoms with Crippen molar-refractivity contribution in [3.63, 3.8) is 0 Å². The van der Waals surface area contributed by atoms with Gasteiger partial charge in [0, 0.05) is 15.8 Å². The first kappa shape index (κ1) is 27.0. The zero-order valence-corrected chi connectivity index (χ0v) is 23.5. The second kappa shape index (κ2) is 12.4. The molecule has 0 unspecified atom stereocenters. The molecule has 0 spiro atoms. The predicted molar refractivity (Wildman–Crippen MR) is 147 cm³/mol. The van der Waals surface area contributed by atoms with E-state index in [9.17, 15) is 9.59 Å². The predicted octanol–water partition coefficient (Wildman–Crippen LogP) is 4.56. The van der Waals surface area contributed by atoms with Gasteiger partial charge in [-0.3, -0.25) is 9.59 Å². The Kier molecular flexibility index (Phi) is 9.55. The molecule has 0 aliphatic carbocycles. The Bertz CT molecular complexity index is 1180. The Morgan fingerprint density at radius 1 is 1.03 bits per heavy atom. The van der Waals surface area contributed by atoms with E-state index in [0.29, 0.717) is 17.5 Å². The van der Waals surface area contributed by atoms with Crippen molar-refractivity contribution in [3.05, 3.63) is 62.0 Å². The molecule has 0 bridgehead atoms. The van der Waals surface area contributed by atoms with Crippen molar-refractivity contribution in [2.75, 3.05) is 17.7 Å². The van der Waals surface area contributed by atoms with Gasteiger partial charge >= 0.3 is 0 Å². The molecule has 1 aromatic heterocycles. The van der Waals surface area contributed by atoms with Crippen LogP contribution in [-0.4, -0.2) is 38.9 Å². The number of ether oxygens (including phenoxy) is 1. The molecule has 0 saturated heterocycles. The van der Waals surface area contributed by atoms with Crippen LogP contribution in [0.4, 0.5) is 5.69 Å². The van der Waals surface area contributed by atoms with Gasteiger partial charge in [-0.25, -0.2) is 0 Å². The number of halogens is 1. The van der Waals surface area contributed by atoms with E-state index in [1.807, 2.05) is 69.5 Å². The number of hydrogen-bond acceptors (Lipinski definition) is 6. The fourth-order valence-electron chi connectivity index (χ4n) is 3.68. The van der Waals surface area contributed by atoms with Gasteiger partial charge in [0.25, 0.3) is 5.91 Å². The van der Waals surface area contributed by atoms with Gasteiger partial charge in [-0.05, 0) is 91.6 Å². The highest BCUT2D eigenvalue weighted by molar-refractivity contribution is 14.1. The van der Waals surface area contributed by atoms with Crippen LogP contribution in [0.3, 0.4) is 0 Å². The zero-order chi connectivity index (χ0) is 25.5. The molecular weight excluding hydrogens is 577 g/mol. The molecule has 0 aliphatic heterocycles. The molecule has 10 heteroatoms. The number of anilines is 1. The molecule has 0 radical (unpaired) electrons. The third kappa shape index (κ3) is 7.20. The fourth-order valence-corrected chi connectivity index (χ4v) is 5.44. The van der Waals surface area contributed by atoms with Crippen molar-refractivity contribution < 1.29 is 14.3 Å². The molecule has 2 aromatic carbocycles. The van der Waals surface area contributed by atoms with E-state index < -0.39 is 0 Å². The number of rotatable bonds is 10. The van der Waals surface area contributed by atoms with Crippen molar-refractivity contribution in [1.29, 1.82) is 0 Å². The Hall–Kier alpha value is -2.60. The van der Waals surface area contributed by atoms with E-state index in [2.05, 4.69) is 43.4 Å². The van der Waals surface area contributed by atoms with Crippen LogP contribution in [0, 0.1) is 31.3 Å². The standard InChI is InChI=1S/C25H30IN5O3S/c1-6-31-20(12-27-21(32)13-34-24-15(2)8-7-9-16(24)3)29-30-25(31)35-14-22(33)28-23-17(4)10-19(26)11-18(23)5/h7-11H,6,12-14H2,1-5H3,(H,27,32)(H,28,33). The van der Waals surface area contributed by atoms with Gasteiger partial charge in [0.1, 0.15) is 5.75 Å². The Balaban J connectivity index is 1.53. The van der Waals surface area contributed by atoms with Gasteiger partial charge in [0.05, 0.1) is 12.3 Å². The van der Waals surface area contributed by atoms with Crippen molar-refractivity contribution in [1.82, 2.24) is 20.1 Å². The molecule has 0 aliphatic rings. The minimum atomic E-state index is -0.241. The molecule has 0 saturated carbocycles. The maximum Gasteiger partial charge on any atom is 0.258 e. The zero-order valence-electron chi connectivity index (χ0n) is 20.6. The van der Waals surface area contributed by atoms with Crippen molar-refractivity contribution in [2.45, 2.75) is 52.9 Å². The van der Waals surface area contributed by atoms with E-state index in [0.717, 1.165) is 37.3 Å². The quantitative estimate of drug-likeness (QED) is 0.259. The van der Waals surface area contributed by atoms with Crippen LogP contribution >= 0.6 is 34.4 Å². The summed E-state index contributed by atoms with van der Waals surface area (Å²) in [7, 11) is 0. The Morgan fingerprint density at radius 2 is 1.69 bits per heavy atom. The van der Waals surface area contributed by atoms with E-state index >= 15 is 0 Å².